The average Bonchev–Trinajstić information content (AvgIpc) is 3.53. The number of hydrogen-bond acceptors (Lipinski definition) is 6. The lowest BCUT2D eigenvalue weighted by Crippen LogP contribution is -2.62. The molecule has 0 N–H and O–H groups in total. The predicted octanol–water partition coefficient (Wildman–Crippen LogP) is 5.73. The van der Waals surface area contributed by atoms with Gasteiger partial charge in [-0.25, -0.2) is 13.4 Å². The van der Waals surface area contributed by atoms with Crippen LogP contribution in [0.1, 0.15) is 54.3 Å². The number of aromatic nitrogens is 3. The van der Waals surface area contributed by atoms with E-state index in [1.165, 1.54) is 4.31 Å². The molecule has 0 bridgehead atoms. The minimum Gasteiger partial charge on any atom is -0.337 e. The van der Waals surface area contributed by atoms with Crippen molar-refractivity contribution in [3.8, 4) is 0 Å². The molecule has 2 aliphatic rings. The van der Waals surface area contributed by atoms with Crippen molar-refractivity contribution in [2.75, 3.05) is 26.2 Å². The van der Waals surface area contributed by atoms with Gasteiger partial charge in [-0.2, -0.15) is 4.31 Å². The van der Waals surface area contributed by atoms with Gasteiger partial charge in [-0.05, 0) is 89.5 Å². The van der Waals surface area contributed by atoms with Gasteiger partial charge in [-0.1, -0.05) is 48.0 Å². The molecule has 1 fully saturated rings. The third-order valence-electron chi connectivity index (χ3n) is 9.16. The van der Waals surface area contributed by atoms with Crippen molar-refractivity contribution < 1.29 is 13.2 Å². The zero-order valence-corrected chi connectivity index (χ0v) is 29.8. The fourth-order valence-corrected chi connectivity index (χ4v) is 8.69. The Hall–Kier alpha value is -3.09. The van der Waals surface area contributed by atoms with Crippen LogP contribution in [0.15, 0.2) is 84.0 Å². The van der Waals surface area contributed by atoms with Crippen LogP contribution >= 0.6 is 27.5 Å². The Labute approximate surface area is 290 Å². The number of pyridine rings is 1. The summed E-state index contributed by atoms with van der Waals surface area (Å²) in [5, 5.41) is 0.0180. The van der Waals surface area contributed by atoms with Gasteiger partial charge in [0.2, 0.25) is 15.9 Å². The van der Waals surface area contributed by atoms with E-state index in [4.69, 9.17) is 16.6 Å². The molecule has 1 saturated heterocycles. The highest BCUT2D eigenvalue weighted by Crippen LogP contribution is 2.39. The van der Waals surface area contributed by atoms with Gasteiger partial charge in [0, 0.05) is 67.4 Å². The molecule has 2 atom stereocenters. The second-order valence-corrected chi connectivity index (χ2v) is 16.4. The number of amides is 1. The van der Waals surface area contributed by atoms with Crippen molar-refractivity contribution in [1.29, 1.82) is 0 Å². The van der Waals surface area contributed by atoms with E-state index in [1.54, 1.807) is 26.4 Å². The lowest BCUT2D eigenvalue weighted by molar-refractivity contribution is -0.138. The maximum atomic E-state index is 14.8. The van der Waals surface area contributed by atoms with Crippen molar-refractivity contribution in [3.05, 3.63) is 117 Å². The Morgan fingerprint density at radius 2 is 1.87 bits per heavy atom. The van der Waals surface area contributed by atoms with Gasteiger partial charge in [0.25, 0.3) is 0 Å². The van der Waals surface area contributed by atoms with Gasteiger partial charge in [-0.3, -0.25) is 14.7 Å². The molecule has 0 spiro atoms. The molecule has 1 amide bonds. The quantitative estimate of drug-likeness (QED) is 0.207. The van der Waals surface area contributed by atoms with Gasteiger partial charge < -0.3 is 9.47 Å². The second kappa shape index (κ2) is 14.6. The summed E-state index contributed by atoms with van der Waals surface area (Å²) in [4.78, 5) is 27.9. The Balaban J connectivity index is 1.37. The van der Waals surface area contributed by atoms with Crippen LogP contribution in [-0.2, 0) is 40.7 Å². The number of imidazole rings is 1. The SMILES string of the molecule is CC(C)S(=O)(=O)N1CCN([C@H]2c3ccc(Cl)cc3CCc3cc(Br)cnc32)C[C@@H]1C(=O)N(CCCn1ccnc1)Cc1ccccc1. The average molecular weight is 740 g/mol. The smallest absolute Gasteiger partial charge is 0.242 e. The zero-order chi connectivity index (χ0) is 33.1. The molecule has 4 aromatic rings. The molecule has 2 aromatic heterocycles. The van der Waals surface area contributed by atoms with E-state index in [2.05, 4.69) is 37.9 Å². The Morgan fingerprint density at radius 3 is 2.62 bits per heavy atom. The first kappa shape index (κ1) is 33.8. The van der Waals surface area contributed by atoms with Gasteiger partial charge in [0.15, 0.2) is 0 Å². The molecule has 6 rings (SSSR count). The highest BCUT2D eigenvalue weighted by atomic mass is 79.9. The van der Waals surface area contributed by atoms with E-state index in [9.17, 15) is 13.2 Å². The van der Waals surface area contributed by atoms with Crippen LogP contribution in [0, 0.1) is 0 Å². The van der Waals surface area contributed by atoms with Crippen LogP contribution in [0.5, 0.6) is 0 Å². The van der Waals surface area contributed by atoms with Crippen molar-refractivity contribution in [1.82, 2.24) is 28.6 Å². The van der Waals surface area contributed by atoms with E-state index < -0.39 is 21.3 Å². The van der Waals surface area contributed by atoms with E-state index >= 15 is 0 Å². The lowest BCUT2D eigenvalue weighted by atomic mass is 9.95. The first-order valence-electron chi connectivity index (χ1n) is 16.1. The highest BCUT2D eigenvalue weighted by molar-refractivity contribution is 9.10. The Bertz CT molecular complexity index is 1750. The lowest BCUT2D eigenvalue weighted by Gasteiger charge is -2.45. The number of benzene rings is 2. The summed E-state index contributed by atoms with van der Waals surface area (Å²) in [6, 6.07) is 16.8. The summed E-state index contributed by atoms with van der Waals surface area (Å²) in [5.41, 5.74) is 5.29. The molecule has 3 heterocycles. The number of aryl methyl sites for hydroxylation is 3. The summed E-state index contributed by atoms with van der Waals surface area (Å²) >= 11 is 10.1. The third-order valence-corrected chi connectivity index (χ3v) is 12.1. The molecule has 12 heteroatoms. The first-order chi connectivity index (χ1) is 22.6. The number of rotatable bonds is 10. The first-order valence-corrected chi connectivity index (χ1v) is 18.7. The molecule has 0 radical (unpaired) electrons. The van der Waals surface area contributed by atoms with Gasteiger partial charge in [0.05, 0.1) is 23.3 Å². The molecule has 47 heavy (non-hydrogen) atoms. The number of nitrogens with zero attached hydrogens (tertiary/aromatic N) is 6. The number of carbonyl (C=O) groups excluding carboxylic acids is 1. The predicted molar refractivity (Wildman–Crippen MR) is 187 cm³/mol. The molecule has 0 saturated carbocycles. The Kier molecular flexibility index (Phi) is 10.5. The van der Waals surface area contributed by atoms with Crippen molar-refractivity contribution in [2.24, 2.45) is 0 Å². The minimum atomic E-state index is -3.74. The largest absolute Gasteiger partial charge is 0.337 e. The summed E-state index contributed by atoms with van der Waals surface area (Å²) in [5.74, 6) is -0.192. The monoisotopic (exact) mass is 738 g/mol. The third kappa shape index (κ3) is 7.49. The van der Waals surface area contributed by atoms with Crippen LogP contribution < -0.4 is 0 Å². The highest BCUT2D eigenvalue weighted by Gasteiger charge is 2.45. The summed E-state index contributed by atoms with van der Waals surface area (Å²) < 4.78 is 32.1. The van der Waals surface area contributed by atoms with Crippen molar-refractivity contribution in [2.45, 2.75) is 63.5 Å². The van der Waals surface area contributed by atoms with Crippen LogP contribution in [0.25, 0.3) is 0 Å². The van der Waals surface area contributed by atoms with E-state index in [-0.39, 0.29) is 25.0 Å². The van der Waals surface area contributed by atoms with Crippen molar-refractivity contribution >= 4 is 43.5 Å². The van der Waals surface area contributed by atoms with Crippen molar-refractivity contribution in [3.63, 3.8) is 0 Å². The summed E-state index contributed by atoms with van der Waals surface area (Å²) in [6.07, 6.45) is 9.54. The normalized spacial score (nSPS) is 18.8. The molecule has 2 aromatic carbocycles. The van der Waals surface area contributed by atoms with Gasteiger partial charge >= 0.3 is 0 Å². The summed E-state index contributed by atoms with van der Waals surface area (Å²) in [7, 11) is -3.74. The standard InChI is InChI=1S/C35H40BrClN6O3S/c1-25(2)47(45,46)43-18-17-41(34-31-12-11-30(37)20-27(31)9-10-28-19-29(36)21-39-33(28)34)23-32(43)35(44)42(22-26-7-4-3-5-8-26)15-6-14-40-16-13-38-24-40/h3-5,7-8,11-13,16,19-21,24-25,32,34H,6,9-10,14-15,17-18,22-23H2,1-2H3/t32-,34+/m1/s1. The van der Waals surface area contributed by atoms with Crippen LogP contribution in [0.4, 0.5) is 0 Å². The van der Waals surface area contributed by atoms with E-state index in [0.717, 1.165) is 45.3 Å². The van der Waals surface area contributed by atoms with Crippen LogP contribution in [0.2, 0.25) is 5.02 Å². The Morgan fingerprint density at radius 1 is 1.09 bits per heavy atom. The number of piperazine rings is 1. The topological polar surface area (TPSA) is 91.6 Å². The fraction of sp³-hybridized carbons (Fsp3) is 0.400. The van der Waals surface area contributed by atoms with Gasteiger partial charge in [0.1, 0.15) is 6.04 Å². The molecular formula is C35H40BrClN6O3S. The number of fused-ring (bicyclic) bond motifs is 2. The van der Waals surface area contributed by atoms with Crippen LogP contribution in [-0.4, -0.2) is 80.4 Å². The molecular weight excluding hydrogens is 700 g/mol. The molecule has 0 unspecified atom stereocenters. The second-order valence-electron chi connectivity index (χ2n) is 12.6. The van der Waals surface area contributed by atoms with Crippen LogP contribution in [0.3, 0.4) is 0 Å². The summed E-state index contributed by atoms with van der Waals surface area (Å²) in [6.45, 7) is 5.82. The molecule has 1 aliphatic heterocycles. The minimum absolute atomic E-state index is 0.192. The number of halogens is 2. The maximum Gasteiger partial charge on any atom is 0.242 e. The zero-order valence-electron chi connectivity index (χ0n) is 26.7. The van der Waals surface area contributed by atoms with E-state index in [1.807, 2.05) is 64.3 Å². The molecule has 9 nitrogen and oxygen atoms in total. The molecule has 248 valence electrons. The molecule has 1 aliphatic carbocycles. The fourth-order valence-electron chi connectivity index (χ4n) is 6.73. The number of sulfonamides is 1. The van der Waals surface area contributed by atoms with E-state index in [0.29, 0.717) is 37.6 Å². The number of hydrogen-bond donors (Lipinski definition) is 0. The van der Waals surface area contributed by atoms with Gasteiger partial charge in [-0.15, -0.1) is 0 Å². The number of carbonyl (C=O) groups is 1. The maximum absolute atomic E-state index is 14.8.